The summed E-state index contributed by atoms with van der Waals surface area (Å²) in [6.07, 6.45) is 3.86. The highest BCUT2D eigenvalue weighted by molar-refractivity contribution is 5.82. The standard InChI is InChI=1S/C18H16N2O/c1-14-10-15(12-19-16-6-5-9-18(21)11-16)13-20(14)17-7-3-2-4-8-17/h2-13,21H,1H3. The van der Waals surface area contributed by atoms with E-state index in [0.717, 1.165) is 22.6 Å². The molecule has 3 rings (SSSR count). The predicted octanol–water partition coefficient (Wildman–Crippen LogP) is 4.24. The van der Waals surface area contributed by atoms with Crippen LogP contribution in [0, 0.1) is 6.92 Å². The van der Waals surface area contributed by atoms with Crippen molar-refractivity contribution in [2.24, 2.45) is 4.99 Å². The van der Waals surface area contributed by atoms with Crippen molar-refractivity contribution in [3.05, 3.63) is 78.1 Å². The highest BCUT2D eigenvalue weighted by Gasteiger charge is 2.02. The average molecular weight is 276 g/mol. The lowest BCUT2D eigenvalue weighted by molar-refractivity contribution is 0.475. The summed E-state index contributed by atoms with van der Waals surface area (Å²) in [4.78, 5) is 4.39. The van der Waals surface area contributed by atoms with Gasteiger partial charge in [-0.05, 0) is 37.3 Å². The van der Waals surface area contributed by atoms with Gasteiger partial charge in [-0.3, -0.25) is 4.99 Å². The predicted molar refractivity (Wildman–Crippen MR) is 85.9 cm³/mol. The fourth-order valence-electron chi connectivity index (χ4n) is 2.26. The number of nitrogens with zero attached hydrogens (tertiary/aromatic N) is 2. The summed E-state index contributed by atoms with van der Waals surface area (Å²) in [5.41, 5.74) is 4.05. The van der Waals surface area contributed by atoms with E-state index in [-0.39, 0.29) is 5.75 Å². The summed E-state index contributed by atoms with van der Waals surface area (Å²) in [5, 5.41) is 9.43. The van der Waals surface area contributed by atoms with Crippen molar-refractivity contribution < 1.29 is 5.11 Å². The lowest BCUT2D eigenvalue weighted by Crippen LogP contribution is -1.93. The summed E-state index contributed by atoms with van der Waals surface area (Å²) < 4.78 is 2.13. The fraction of sp³-hybridized carbons (Fsp3) is 0.0556. The number of rotatable bonds is 3. The second-order valence-electron chi connectivity index (χ2n) is 4.90. The van der Waals surface area contributed by atoms with Crippen molar-refractivity contribution in [3.63, 3.8) is 0 Å². The Balaban J connectivity index is 1.88. The number of hydrogen-bond acceptors (Lipinski definition) is 2. The third kappa shape index (κ3) is 3.03. The van der Waals surface area contributed by atoms with Crippen LogP contribution in [0.3, 0.4) is 0 Å². The Kier molecular flexibility index (Phi) is 3.56. The van der Waals surface area contributed by atoms with Gasteiger partial charge in [0.05, 0.1) is 5.69 Å². The molecule has 1 N–H and O–H groups in total. The Hall–Kier alpha value is -2.81. The van der Waals surface area contributed by atoms with Gasteiger partial charge in [-0.15, -0.1) is 0 Å². The maximum Gasteiger partial charge on any atom is 0.117 e. The van der Waals surface area contributed by atoms with Gasteiger partial charge in [0.2, 0.25) is 0 Å². The van der Waals surface area contributed by atoms with Gasteiger partial charge in [-0.1, -0.05) is 24.3 Å². The summed E-state index contributed by atoms with van der Waals surface area (Å²) >= 11 is 0. The summed E-state index contributed by atoms with van der Waals surface area (Å²) in [6, 6.07) is 19.2. The lowest BCUT2D eigenvalue weighted by Gasteiger charge is -2.04. The topological polar surface area (TPSA) is 37.5 Å². The minimum absolute atomic E-state index is 0.225. The molecule has 21 heavy (non-hydrogen) atoms. The van der Waals surface area contributed by atoms with Crippen molar-refractivity contribution in [2.75, 3.05) is 0 Å². The number of aromatic nitrogens is 1. The summed E-state index contributed by atoms with van der Waals surface area (Å²) in [5.74, 6) is 0.225. The zero-order valence-electron chi connectivity index (χ0n) is 11.8. The molecule has 3 nitrogen and oxygen atoms in total. The van der Waals surface area contributed by atoms with E-state index in [2.05, 4.69) is 40.9 Å². The summed E-state index contributed by atoms with van der Waals surface area (Å²) in [7, 11) is 0. The molecule has 0 fully saturated rings. The number of phenols is 1. The average Bonchev–Trinajstić information content (AvgIpc) is 2.87. The first-order valence-electron chi connectivity index (χ1n) is 6.80. The van der Waals surface area contributed by atoms with Gasteiger partial charge in [0.1, 0.15) is 5.75 Å². The molecule has 0 aliphatic rings. The molecule has 3 aromatic rings. The van der Waals surface area contributed by atoms with Gasteiger partial charge in [-0.25, -0.2) is 0 Å². The number of aliphatic imine (C=N–C) groups is 1. The second-order valence-corrected chi connectivity index (χ2v) is 4.90. The van der Waals surface area contributed by atoms with Crippen LogP contribution in [0.2, 0.25) is 0 Å². The smallest absolute Gasteiger partial charge is 0.117 e. The van der Waals surface area contributed by atoms with E-state index in [1.54, 1.807) is 24.4 Å². The van der Waals surface area contributed by atoms with Crippen molar-refractivity contribution in [3.8, 4) is 11.4 Å². The number of aromatic hydroxyl groups is 1. The Morgan fingerprint density at radius 1 is 1.00 bits per heavy atom. The number of hydrogen-bond donors (Lipinski definition) is 1. The van der Waals surface area contributed by atoms with Crippen LogP contribution in [0.5, 0.6) is 5.75 Å². The lowest BCUT2D eigenvalue weighted by atomic mass is 10.3. The molecule has 0 unspecified atom stereocenters. The molecule has 0 bridgehead atoms. The van der Waals surface area contributed by atoms with Crippen LogP contribution >= 0.6 is 0 Å². The normalized spacial score (nSPS) is 11.1. The molecule has 0 saturated heterocycles. The van der Waals surface area contributed by atoms with E-state index < -0.39 is 0 Å². The van der Waals surface area contributed by atoms with Crippen LogP contribution in [0.15, 0.2) is 71.9 Å². The largest absolute Gasteiger partial charge is 0.508 e. The minimum Gasteiger partial charge on any atom is -0.508 e. The van der Waals surface area contributed by atoms with E-state index in [1.807, 2.05) is 24.3 Å². The zero-order valence-corrected chi connectivity index (χ0v) is 11.8. The maximum absolute atomic E-state index is 9.43. The zero-order chi connectivity index (χ0) is 14.7. The molecule has 0 radical (unpaired) electrons. The van der Waals surface area contributed by atoms with E-state index >= 15 is 0 Å². The van der Waals surface area contributed by atoms with E-state index in [1.165, 1.54) is 0 Å². The highest BCUT2D eigenvalue weighted by atomic mass is 16.3. The molecule has 0 amide bonds. The van der Waals surface area contributed by atoms with Crippen LogP contribution in [0.25, 0.3) is 5.69 Å². The first kappa shape index (κ1) is 13.2. The molecule has 1 heterocycles. The fourth-order valence-corrected chi connectivity index (χ4v) is 2.26. The number of phenolic OH excluding ortho intramolecular Hbond substituents is 1. The number of benzene rings is 2. The Labute approximate surface area is 123 Å². The van der Waals surface area contributed by atoms with Crippen LogP contribution in [0.4, 0.5) is 5.69 Å². The van der Waals surface area contributed by atoms with Gasteiger partial charge in [-0.2, -0.15) is 0 Å². The van der Waals surface area contributed by atoms with Crippen molar-refractivity contribution >= 4 is 11.9 Å². The Morgan fingerprint density at radius 3 is 2.57 bits per heavy atom. The maximum atomic E-state index is 9.43. The molecule has 104 valence electrons. The number of aryl methyl sites for hydroxylation is 1. The number of para-hydroxylation sites is 1. The van der Waals surface area contributed by atoms with Crippen LogP contribution in [-0.2, 0) is 0 Å². The molecule has 1 aromatic heterocycles. The van der Waals surface area contributed by atoms with Gasteiger partial charge in [0.25, 0.3) is 0 Å². The van der Waals surface area contributed by atoms with Gasteiger partial charge in [0, 0.05) is 35.4 Å². The molecule has 2 aromatic carbocycles. The molecule has 0 atom stereocenters. The quantitative estimate of drug-likeness (QED) is 0.714. The molecule has 3 heteroatoms. The van der Waals surface area contributed by atoms with E-state index in [0.29, 0.717) is 0 Å². The third-order valence-electron chi connectivity index (χ3n) is 3.26. The molecule has 0 saturated carbocycles. The van der Waals surface area contributed by atoms with Crippen LogP contribution < -0.4 is 0 Å². The monoisotopic (exact) mass is 276 g/mol. The van der Waals surface area contributed by atoms with Crippen LogP contribution in [0.1, 0.15) is 11.3 Å². The second kappa shape index (κ2) is 5.67. The first-order chi connectivity index (χ1) is 10.2. The van der Waals surface area contributed by atoms with E-state index in [9.17, 15) is 5.11 Å². The molecular formula is C18H16N2O. The Morgan fingerprint density at radius 2 is 1.81 bits per heavy atom. The van der Waals surface area contributed by atoms with Gasteiger partial charge < -0.3 is 9.67 Å². The molecular weight excluding hydrogens is 260 g/mol. The van der Waals surface area contributed by atoms with Crippen molar-refractivity contribution in [2.45, 2.75) is 6.92 Å². The highest BCUT2D eigenvalue weighted by Crippen LogP contribution is 2.19. The molecule has 0 aliphatic heterocycles. The summed E-state index contributed by atoms with van der Waals surface area (Å²) in [6.45, 7) is 2.07. The SMILES string of the molecule is Cc1cc(C=Nc2cccc(O)c2)cn1-c1ccccc1. The first-order valence-corrected chi connectivity index (χ1v) is 6.80. The van der Waals surface area contributed by atoms with Crippen molar-refractivity contribution in [1.29, 1.82) is 0 Å². The van der Waals surface area contributed by atoms with Crippen molar-refractivity contribution in [1.82, 2.24) is 4.57 Å². The third-order valence-corrected chi connectivity index (χ3v) is 3.26. The Bertz CT molecular complexity index is 773. The van der Waals surface area contributed by atoms with E-state index in [4.69, 9.17) is 0 Å². The van der Waals surface area contributed by atoms with Gasteiger partial charge >= 0.3 is 0 Å². The molecule has 0 spiro atoms. The van der Waals surface area contributed by atoms with Gasteiger partial charge in [0.15, 0.2) is 0 Å². The minimum atomic E-state index is 0.225. The van der Waals surface area contributed by atoms with Crippen LogP contribution in [-0.4, -0.2) is 15.9 Å². The molecule has 0 aliphatic carbocycles.